The largest absolute Gasteiger partial charge is 0.486 e. The third kappa shape index (κ3) is 5.90. The maximum Gasteiger partial charge on any atom is 0.262 e. The van der Waals surface area contributed by atoms with Crippen molar-refractivity contribution >= 4 is 33.2 Å². The van der Waals surface area contributed by atoms with E-state index < -0.39 is 15.9 Å². The Morgan fingerprint density at radius 2 is 1.69 bits per heavy atom. The van der Waals surface area contributed by atoms with Crippen LogP contribution in [0.2, 0.25) is 0 Å². The Kier molecular flexibility index (Phi) is 7.21. The van der Waals surface area contributed by atoms with Crippen molar-refractivity contribution in [3.8, 4) is 11.5 Å². The number of anilines is 2. The molecular weight excluding hydrogens is 470 g/mol. The topological polar surface area (TPSA) is 123 Å². The number of carbonyl (C=O) groups is 2. The van der Waals surface area contributed by atoms with Crippen LogP contribution < -0.4 is 24.8 Å². The molecule has 4 rings (SSSR count). The first-order chi connectivity index (χ1) is 16.9. The number of nitrogens with one attached hydrogen (secondary N) is 3. The van der Waals surface area contributed by atoms with Crippen LogP contribution in [-0.2, 0) is 21.2 Å². The Morgan fingerprint density at radius 1 is 0.914 bits per heavy atom. The van der Waals surface area contributed by atoms with Crippen LogP contribution in [-0.4, -0.2) is 40.0 Å². The summed E-state index contributed by atoms with van der Waals surface area (Å²) >= 11 is 0. The molecule has 9 nitrogen and oxygen atoms in total. The summed E-state index contributed by atoms with van der Waals surface area (Å²) < 4.78 is 39.0. The van der Waals surface area contributed by atoms with Crippen molar-refractivity contribution in [1.82, 2.24) is 5.32 Å². The first-order valence-electron chi connectivity index (χ1n) is 11.0. The maximum atomic E-state index is 12.8. The van der Waals surface area contributed by atoms with Crippen molar-refractivity contribution in [3.05, 3.63) is 77.9 Å². The van der Waals surface area contributed by atoms with Crippen molar-refractivity contribution in [3.63, 3.8) is 0 Å². The molecule has 0 saturated heterocycles. The number of aryl methyl sites for hydroxylation is 1. The van der Waals surface area contributed by atoms with Gasteiger partial charge in [-0.3, -0.25) is 14.3 Å². The first-order valence-corrected chi connectivity index (χ1v) is 12.5. The molecule has 0 saturated carbocycles. The number of benzene rings is 3. The highest BCUT2D eigenvalue weighted by molar-refractivity contribution is 7.92. The Labute approximate surface area is 203 Å². The highest BCUT2D eigenvalue weighted by atomic mass is 32.2. The van der Waals surface area contributed by atoms with E-state index in [2.05, 4.69) is 15.4 Å². The van der Waals surface area contributed by atoms with Crippen LogP contribution in [0.3, 0.4) is 0 Å². The minimum absolute atomic E-state index is 0.000589. The quantitative estimate of drug-likeness (QED) is 0.441. The first kappa shape index (κ1) is 24.1. The van der Waals surface area contributed by atoms with E-state index in [4.69, 9.17) is 9.47 Å². The van der Waals surface area contributed by atoms with Gasteiger partial charge in [0, 0.05) is 23.0 Å². The molecule has 0 unspecified atom stereocenters. The van der Waals surface area contributed by atoms with E-state index in [1.54, 1.807) is 12.1 Å². The molecule has 0 fully saturated rings. The van der Waals surface area contributed by atoms with Gasteiger partial charge in [0.05, 0.1) is 11.4 Å². The Morgan fingerprint density at radius 3 is 2.49 bits per heavy atom. The smallest absolute Gasteiger partial charge is 0.262 e. The number of hydrogen-bond acceptors (Lipinski definition) is 6. The van der Waals surface area contributed by atoms with Gasteiger partial charge in [-0.1, -0.05) is 31.2 Å². The van der Waals surface area contributed by atoms with Crippen LogP contribution in [0.5, 0.6) is 11.5 Å². The Bertz CT molecular complexity index is 1360. The van der Waals surface area contributed by atoms with Crippen molar-refractivity contribution < 1.29 is 27.5 Å². The fourth-order valence-corrected chi connectivity index (χ4v) is 4.60. The molecule has 2 amide bonds. The number of para-hydroxylation sites is 1. The second-order valence-corrected chi connectivity index (χ2v) is 9.42. The minimum Gasteiger partial charge on any atom is -0.486 e. The summed E-state index contributed by atoms with van der Waals surface area (Å²) in [6.45, 7) is 2.50. The number of ether oxygens (including phenoxy) is 2. The number of fused-ring (bicyclic) bond motifs is 1. The monoisotopic (exact) mass is 495 g/mol. The van der Waals surface area contributed by atoms with Crippen LogP contribution >= 0.6 is 0 Å². The summed E-state index contributed by atoms with van der Waals surface area (Å²) in [5.74, 6) is -0.0396. The lowest BCUT2D eigenvalue weighted by Gasteiger charge is -2.19. The molecule has 10 heteroatoms. The molecule has 3 aromatic rings. The maximum absolute atomic E-state index is 12.8. The third-order valence-corrected chi connectivity index (χ3v) is 6.66. The van der Waals surface area contributed by atoms with E-state index in [9.17, 15) is 18.0 Å². The molecule has 1 aliphatic rings. The van der Waals surface area contributed by atoms with E-state index in [1.165, 1.54) is 36.4 Å². The van der Waals surface area contributed by atoms with Crippen LogP contribution in [0, 0.1) is 0 Å². The predicted molar refractivity (Wildman–Crippen MR) is 131 cm³/mol. The molecule has 0 bridgehead atoms. The molecule has 3 aromatic carbocycles. The molecule has 182 valence electrons. The van der Waals surface area contributed by atoms with Gasteiger partial charge in [0.2, 0.25) is 5.91 Å². The van der Waals surface area contributed by atoms with Gasteiger partial charge in [-0.05, 0) is 48.4 Å². The molecule has 35 heavy (non-hydrogen) atoms. The van der Waals surface area contributed by atoms with E-state index >= 15 is 0 Å². The Balaban J connectivity index is 1.39. The summed E-state index contributed by atoms with van der Waals surface area (Å²) in [4.78, 5) is 24.9. The molecular formula is C25H25N3O6S. The lowest BCUT2D eigenvalue weighted by molar-refractivity contribution is -0.115. The van der Waals surface area contributed by atoms with Gasteiger partial charge in [0.25, 0.3) is 15.9 Å². The normalized spacial score (nSPS) is 12.5. The van der Waals surface area contributed by atoms with Crippen molar-refractivity contribution in [1.29, 1.82) is 0 Å². The molecule has 1 heterocycles. The number of carbonyl (C=O) groups excluding carboxylic acids is 2. The highest BCUT2D eigenvalue weighted by Gasteiger charge is 2.20. The summed E-state index contributed by atoms with van der Waals surface area (Å²) in [6.07, 6.45) is 0.762. The zero-order valence-electron chi connectivity index (χ0n) is 19.0. The number of hydrogen-bond donors (Lipinski definition) is 3. The van der Waals surface area contributed by atoms with Gasteiger partial charge < -0.3 is 20.1 Å². The number of rotatable bonds is 8. The van der Waals surface area contributed by atoms with Gasteiger partial charge in [-0.15, -0.1) is 0 Å². The molecule has 0 spiro atoms. The number of amides is 2. The average molecular weight is 496 g/mol. The average Bonchev–Trinajstić information content (AvgIpc) is 2.87. The molecule has 1 aliphatic heterocycles. The van der Waals surface area contributed by atoms with Gasteiger partial charge in [0.15, 0.2) is 11.5 Å². The fourth-order valence-electron chi connectivity index (χ4n) is 3.54. The zero-order valence-corrected chi connectivity index (χ0v) is 19.9. The van der Waals surface area contributed by atoms with Gasteiger partial charge in [0.1, 0.15) is 13.2 Å². The van der Waals surface area contributed by atoms with Crippen molar-refractivity contribution in [2.24, 2.45) is 0 Å². The van der Waals surface area contributed by atoms with Gasteiger partial charge in [-0.25, -0.2) is 8.42 Å². The third-order valence-electron chi connectivity index (χ3n) is 5.28. The zero-order chi connectivity index (χ0) is 24.8. The summed E-state index contributed by atoms with van der Waals surface area (Å²) in [5.41, 5.74) is 2.10. The molecule has 0 aliphatic carbocycles. The minimum atomic E-state index is -3.94. The molecule has 3 N–H and O–H groups in total. The summed E-state index contributed by atoms with van der Waals surface area (Å²) in [5, 5.41) is 5.34. The summed E-state index contributed by atoms with van der Waals surface area (Å²) in [7, 11) is -3.94. The van der Waals surface area contributed by atoms with Crippen molar-refractivity contribution in [2.75, 3.05) is 29.8 Å². The van der Waals surface area contributed by atoms with E-state index in [1.807, 2.05) is 25.1 Å². The second-order valence-electron chi connectivity index (χ2n) is 7.73. The van der Waals surface area contributed by atoms with Crippen LogP contribution in [0.25, 0.3) is 0 Å². The molecule has 0 atom stereocenters. The highest BCUT2D eigenvalue weighted by Crippen LogP contribution is 2.32. The standard InChI is InChI=1S/C25H25N3O6S/c1-2-17-6-3-4-9-21(17)27-24(29)16-26-25(30)18-7-5-8-19(14-18)28-35(31,32)20-10-11-22-23(15-20)34-13-12-33-22/h3-11,14-15,28H,2,12-13,16H2,1H3,(H,26,30)(H,27,29). The van der Waals surface area contributed by atoms with Gasteiger partial charge >= 0.3 is 0 Å². The molecule has 0 aromatic heterocycles. The van der Waals surface area contributed by atoms with E-state index in [-0.39, 0.29) is 28.6 Å². The lowest BCUT2D eigenvalue weighted by Crippen LogP contribution is -2.33. The SMILES string of the molecule is CCc1ccccc1NC(=O)CNC(=O)c1cccc(NS(=O)(=O)c2ccc3c(c2)OCCO3)c1. The van der Waals surface area contributed by atoms with E-state index in [0.717, 1.165) is 12.0 Å². The lowest BCUT2D eigenvalue weighted by atomic mass is 10.1. The second kappa shape index (κ2) is 10.5. The predicted octanol–water partition coefficient (Wildman–Crippen LogP) is 3.19. The van der Waals surface area contributed by atoms with Gasteiger partial charge in [-0.2, -0.15) is 0 Å². The van der Waals surface area contributed by atoms with Crippen molar-refractivity contribution in [2.45, 2.75) is 18.2 Å². The fraction of sp³-hybridized carbons (Fsp3) is 0.200. The van der Waals surface area contributed by atoms with E-state index in [0.29, 0.717) is 30.4 Å². The van der Waals surface area contributed by atoms with Crippen LogP contribution in [0.4, 0.5) is 11.4 Å². The number of sulfonamides is 1. The summed E-state index contributed by atoms with van der Waals surface area (Å²) in [6, 6.07) is 17.8. The van der Waals surface area contributed by atoms with Crippen LogP contribution in [0.1, 0.15) is 22.8 Å². The molecule has 0 radical (unpaired) electrons. The Hall–Kier alpha value is -4.05. The van der Waals surface area contributed by atoms with Crippen LogP contribution in [0.15, 0.2) is 71.6 Å².